The van der Waals surface area contributed by atoms with Crippen LogP contribution in [0.4, 0.5) is 0 Å². The number of aliphatic hydroxyl groups is 1. The third kappa shape index (κ3) is 1.66. The molecule has 1 fully saturated rings. The third-order valence-corrected chi connectivity index (χ3v) is 1.38. The van der Waals surface area contributed by atoms with E-state index in [4.69, 9.17) is 5.11 Å². The summed E-state index contributed by atoms with van der Waals surface area (Å²) in [7, 11) is 0. The van der Waals surface area contributed by atoms with Crippen LogP contribution in [0.1, 0.15) is 13.8 Å². The standard InChI is InChI=1S/C5H9NO2.Ac/c1-5(2)3(7)4(8)6-5;/h3,7H,1-2H3,(H,6,8);. The van der Waals surface area contributed by atoms with Gasteiger partial charge in [0, 0.05) is 44.1 Å². The van der Waals surface area contributed by atoms with Crippen molar-refractivity contribution in [3.05, 3.63) is 0 Å². The van der Waals surface area contributed by atoms with Crippen LogP contribution >= 0.6 is 0 Å². The van der Waals surface area contributed by atoms with Crippen LogP contribution in [0.3, 0.4) is 0 Å². The fourth-order valence-electron chi connectivity index (χ4n) is 0.704. The number of rotatable bonds is 0. The number of carbonyl (C=O) groups is 1. The number of aliphatic hydroxyl groups excluding tert-OH is 1. The molecule has 0 aliphatic carbocycles. The van der Waals surface area contributed by atoms with E-state index in [1.54, 1.807) is 13.8 Å². The van der Waals surface area contributed by atoms with Crippen LogP contribution < -0.4 is 5.32 Å². The molecular formula is C5H9AcNO2. The van der Waals surface area contributed by atoms with Gasteiger partial charge in [-0.3, -0.25) is 4.79 Å². The Morgan fingerprint density at radius 3 is 2.11 bits per heavy atom. The van der Waals surface area contributed by atoms with Crippen molar-refractivity contribution in [3.63, 3.8) is 0 Å². The summed E-state index contributed by atoms with van der Waals surface area (Å²) in [5.74, 6) is -0.269. The van der Waals surface area contributed by atoms with E-state index in [-0.39, 0.29) is 50.0 Å². The molecule has 1 heterocycles. The summed E-state index contributed by atoms with van der Waals surface area (Å²) < 4.78 is 0. The molecule has 1 aliphatic heterocycles. The SMILES string of the molecule is CC1(C)NC(=O)C1O.[Ac]. The Morgan fingerprint density at radius 2 is 2.11 bits per heavy atom. The molecule has 0 spiro atoms. The predicted octanol–water partition coefficient (Wildman–Crippen LogP) is -0.744. The molecule has 0 saturated carbocycles. The predicted molar refractivity (Wildman–Crippen MR) is 28.2 cm³/mol. The molecule has 0 aromatic carbocycles. The second kappa shape index (κ2) is 2.86. The van der Waals surface area contributed by atoms with Crippen molar-refractivity contribution in [1.29, 1.82) is 0 Å². The zero-order valence-corrected chi connectivity index (χ0v) is 10.3. The Morgan fingerprint density at radius 1 is 1.67 bits per heavy atom. The Hall–Kier alpha value is 0.872. The number of hydrogen-bond donors (Lipinski definition) is 2. The quantitative estimate of drug-likeness (QED) is 0.570. The van der Waals surface area contributed by atoms with E-state index in [0.717, 1.165) is 0 Å². The molecule has 1 amide bonds. The average molecular weight is 342 g/mol. The molecule has 4 heteroatoms. The second-order valence-corrected chi connectivity index (χ2v) is 2.61. The van der Waals surface area contributed by atoms with E-state index in [1.165, 1.54) is 0 Å². The van der Waals surface area contributed by atoms with E-state index < -0.39 is 11.6 Å². The number of β-lactam (4-membered cyclic amide) rings is 1. The van der Waals surface area contributed by atoms with Gasteiger partial charge >= 0.3 is 0 Å². The maximum atomic E-state index is 10.3. The van der Waals surface area contributed by atoms with Gasteiger partial charge in [-0.2, -0.15) is 0 Å². The van der Waals surface area contributed by atoms with Crippen LogP contribution in [0.5, 0.6) is 0 Å². The largest absolute Gasteiger partial charge is 0.381 e. The van der Waals surface area contributed by atoms with Crippen molar-refractivity contribution in [1.82, 2.24) is 5.32 Å². The maximum absolute atomic E-state index is 10.3. The zero-order chi connectivity index (χ0) is 6.36. The van der Waals surface area contributed by atoms with Crippen molar-refractivity contribution in [2.24, 2.45) is 0 Å². The van der Waals surface area contributed by atoms with Crippen LogP contribution in [-0.2, 0) is 4.79 Å². The minimum Gasteiger partial charge on any atom is -0.381 e. The molecule has 0 aromatic heterocycles. The maximum Gasteiger partial charge on any atom is 0.251 e. The molecule has 0 aromatic rings. The molecule has 1 rings (SSSR count). The van der Waals surface area contributed by atoms with Gasteiger partial charge in [0.05, 0.1) is 5.54 Å². The van der Waals surface area contributed by atoms with E-state index in [2.05, 4.69) is 5.32 Å². The Bertz CT molecular complexity index is 135. The minimum absolute atomic E-state index is 0. The van der Waals surface area contributed by atoms with Crippen LogP contribution in [0, 0.1) is 44.1 Å². The molecule has 1 unspecified atom stereocenters. The number of carbonyl (C=O) groups excluding carboxylic acids is 1. The molecule has 2 N–H and O–H groups in total. The Labute approximate surface area is 89.8 Å². The first-order chi connectivity index (χ1) is 3.54. The average Bonchev–Trinajstić information content (AvgIpc) is 1.65. The molecule has 1 radical (unpaired) electrons. The summed E-state index contributed by atoms with van der Waals surface area (Å²) >= 11 is 0. The van der Waals surface area contributed by atoms with Gasteiger partial charge in [-0.25, -0.2) is 0 Å². The smallest absolute Gasteiger partial charge is 0.251 e. The van der Waals surface area contributed by atoms with Crippen molar-refractivity contribution in [2.45, 2.75) is 25.5 Å². The summed E-state index contributed by atoms with van der Waals surface area (Å²) in [5, 5.41) is 11.4. The number of amides is 1. The van der Waals surface area contributed by atoms with Crippen molar-refractivity contribution < 1.29 is 54.0 Å². The topological polar surface area (TPSA) is 49.3 Å². The first-order valence-corrected chi connectivity index (χ1v) is 2.54. The van der Waals surface area contributed by atoms with Crippen LogP contribution in [-0.4, -0.2) is 22.7 Å². The molecule has 1 aliphatic rings. The fourth-order valence-corrected chi connectivity index (χ4v) is 0.704. The van der Waals surface area contributed by atoms with Gasteiger partial charge in [-0.1, -0.05) is 0 Å². The molecule has 1 saturated heterocycles. The van der Waals surface area contributed by atoms with Gasteiger partial charge in [0.15, 0.2) is 6.10 Å². The first kappa shape index (κ1) is 9.87. The molecule has 3 nitrogen and oxygen atoms in total. The van der Waals surface area contributed by atoms with E-state index in [1.807, 2.05) is 0 Å². The fraction of sp³-hybridized carbons (Fsp3) is 0.800. The van der Waals surface area contributed by atoms with Gasteiger partial charge < -0.3 is 10.4 Å². The number of hydrogen-bond acceptors (Lipinski definition) is 2. The van der Waals surface area contributed by atoms with Crippen LogP contribution in [0.2, 0.25) is 0 Å². The summed E-state index contributed by atoms with van der Waals surface area (Å²) in [4.78, 5) is 10.3. The van der Waals surface area contributed by atoms with E-state index in [9.17, 15) is 4.79 Å². The molecule has 9 heavy (non-hydrogen) atoms. The minimum atomic E-state index is -0.803. The normalized spacial score (nSPS) is 29.7. The van der Waals surface area contributed by atoms with Gasteiger partial charge in [0.1, 0.15) is 0 Å². The monoisotopic (exact) mass is 342 g/mol. The third-order valence-electron chi connectivity index (χ3n) is 1.38. The zero-order valence-electron chi connectivity index (χ0n) is 5.51. The molecule has 1 atom stereocenters. The second-order valence-electron chi connectivity index (χ2n) is 2.61. The summed E-state index contributed by atoms with van der Waals surface area (Å²) in [5.41, 5.74) is -0.392. The summed E-state index contributed by atoms with van der Waals surface area (Å²) in [6.07, 6.45) is -0.803. The van der Waals surface area contributed by atoms with Gasteiger partial charge in [0.2, 0.25) is 0 Å². The van der Waals surface area contributed by atoms with Crippen molar-refractivity contribution in [2.75, 3.05) is 0 Å². The summed E-state index contributed by atoms with van der Waals surface area (Å²) in [6.45, 7) is 3.55. The molecule has 49 valence electrons. The first-order valence-electron chi connectivity index (χ1n) is 2.54. The van der Waals surface area contributed by atoms with Crippen molar-refractivity contribution in [3.8, 4) is 0 Å². The molecule has 0 bridgehead atoms. The van der Waals surface area contributed by atoms with Crippen LogP contribution in [0.15, 0.2) is 0 Å². The van der Waals surface area contributed by atoms with Gasteiger partial charge in [0.25, 0.3) is 5.91 Å². The Balaban J connectivity index is 0.000000640. The van der Waals surface area contributed by atoms with E-state index in [0.29, 0.717) is 0 Å². The Kier molecular flexibility index (Phi) is 3.13. The summed E-state index contributed by atoms with van der Waals surface area (Å²) in [6, 6.07) is 0. The molecular weight excluding hydrogens is 333 g/mol. The van der Waals surface area contributed by atoms with Crippen LogP contribution in [0.25, 0.3) is 0 Å². The van der Waals surface area contributed by atoms with Gasteiger partial charge in [-0.05, 0) is 13.8 Å². The van der Waals surface area contributed by atoms with Crippen molar-refractivity contribution >= 4 is 5.91 Å². The van der Waals surface area contributed by atoms with E-state index >= 15 is 0 Å². The van der Waals surface area contributed by atoms with Gasteiger partial charge in [-0.15, -0.1) is 0 Å². The number of nitrogens with one attached hydrogen (secondary N) is 1.